The number of benzene rings is 1. The van der Waals surface area contributed by atoms with Crippen molar-refractivity contribution in [3.05, 3.63) is 52.2 Å². The second-order valence-corrected chi connectivity index (χ2v) is 9.63. The van der Waals surface area contributed by atoms with Crippen molar-refractivity contribution in [2.45, 2.75) is 31.1 Å². The second-order valence-electron chi connectivity index (χ2n) is 7.18. The summed E-state index contributed by atoms with van der Waals surface area (Å²) in [4.78, 5) is 24.4. The first-order valence-corrected chi connectivity index (χ1v) is 10.8. The van der Waals surface area contributed by atoms with Gasteiger partial charge in [0.05, 0.1) is 6.61 Å². The molecule has 1 aliphatic heterocycles. The van der Waals surface area contributed by atoms with Gasteiger partial charge in [0.2, 0.25) is 0 Å². The molecule has 0 fully saturated rings. The number of aryl methyl sites for hydroxylation is 1. The van der Waals surface area contributed by atoms with E-state index < -0.39 is 31.9 Å². The summed E-state index contributed by atoms with van der Waals surface area (Å²) in [5, 5.41) is 8.86. The van der Waals surface area contributed by atoms with E-state index in [0.29, 0.717) is 18.6 Å². The Morgan fingerprint density at radius 2 is 2.10 bits per heavy atom. The molecular weight excluding hydrogens is 403 g/mol. The number of carbonyl (C=O) groups is 1. The summed E-state index contributed by atoms with van der Waals surface area (Å²) in [6.07, 6.45) is 2.22. The summed E-state index contributed by atoms with van der Waals surface area (Å²) in [7, 11) is -3.92. The summed E-state index contributed by atoms with van der Waals surface area (Å²) in [5.74, 6) is -1.04. The van der Waals surface area contributed by atoms with E-state index in [1.807, 2.05) is 0 Å². The third-order valence-corrected chi connectivity index (χ3v) is 7.33. The van der Waals surface area contributed by atoms with Crippen molar-refractivity contribution in [2.24, 2.45) is 0 Å². The molecule has 0 radical (unpaired) electrons. The lowest BCUT2D eigenvalue weighted by molar-refractivity contribution is -0.131. The molecule has 29 heavy (non-hydrogen) atoms. The Morgan fingerprint density at radius 1 is 1.38 bits per heavy atom. The molecule has 0 saturated carbocycles. The van der Waals surface area contributed by atoms with Gasteiger partial charge >= 0.3 is 0 Å². The minimum absolute atomic E-state index is 0.125. The molecule has 0 saturated heterocycles. The Balaban J connectivity index is 1.90. The number of fused-ring (bicyclic) bond motifs is 1. The Hall–Kier alpha value is -2.72. The smallest absolute Gasteiger partial charge is 0.264 e. The van der Waals surface area contributed by atoms with Gasteiger partial charge in [-0.2, -0.15) is 0 Å². The van der Waals surface area contributed by atoms with E-state index in [1.165, 1.54) is 5.48 Å². The molecule has 0 spiro atoms. The quantitative estimate of drug-likeness (QED) is 0.533. The summed E-state index contributed by atoms with van der Waals surface area (Å²) in [6, 6.07) is 6.31. The fraction of sp³-hybridized carbons (Fsp3) is 0.368. The number of carbonyl (C=O) groups excluding carboxylic acids is 1. The number of hydroxylamine groups is 1. The number of nitrogens with one attached hydrogen (secondary N) is 1. The summed E-state index contributed by atoms with van der Waals surface area (Å²) in [5.41, 5.74) is 2.39. The Morgan fingerprint density at radius 3 is 2.76 bits per heavy atom. The van der Waals surface area contributed by atoms with E-state index in [-0.39, 0.29) is 18.5 Å². The molecular formula is C19H21FN2O6S. The molecule has 1 aromatic carbocycles. The average Bonchev–Trinajstić information content (AvgIpc) is 3.14. The van der Waals surface area contributed by atoms with Gasteiger partial charge in [-0.25, -0.2) is 18.3 Å². The first-order valence-electron chi connectivity index (χ1n) is 8.87. The van der Waals surface area contributed by atoms with Crippen molar-refractivity contribution in [2.75, 3.05) is 12.9 Å². The largest absolute Gasteiger partial charge is 0.493 e. The zero-order valence-electron chi connectivity index (χ0n) is 15.9. The molecule has 10 heteroatoms. The molecule has 2 N–H and O–H groups in total. The van der Waals surface area contributed by atoms with Crippen LogP contribution in [0.15, 0.2) is 35.3 Å². The van der Waals surface area contributed by atoms with Gasteiger partial charge in [0.1, 0.15) is 11.6 Å². The first-order chi connectivity index (χ1) is 13.6. The lowest BCUT2D eigenvalue weighted by Gasteiger charge is -2.25. The molecule has 1 aliphatic rings. The number of rotatable bonds is 6. The topological polar surface area (TPSA) is 115 Å². The Kier molecular flexibility index (Phi) is 5.50. The number of aromatic nitrogens is 1. The molecule has 0 bridgehead atoms. The maximum Gasteiger partial charge on any atom is 0.264 e. The van der Waals surface area contributed by atoms with E-state index in [1.54, 1.807) is 18.2 Å². The first kappa shape index (κ1) is 21.0. The number of nitrogens with zero attached hydrogens (tertiary/aromatic N) is 1. The predicted octanol–water partition coefficient (Wildman–Crippen LogP) is 1.29. The van der Waals surface area contributed by atoms with Gasteiger partial charge in [-0.1, -0.05) is 6.07 Å². The number of hydrogen-bond donors (Lipinski definition) is 2. The van der Waals surface area contributed by atoms with E-state index >= 15 is 0 Å². The average molecular weight is 424 g/mol. The van der Waals surface area contributed by atoms with Crippen LogP contribution in [0.4, 0.5) is 4.39 Å². The zero-order chi connectivity index (χ0) is 21.4. The molecule has 2 aromatic rings. The predicted molar refractivity (Wildman–Crippen MR) is 103 cm³/mol. The maximum atomic E-state index is 14.7. The lowest BCUT2D eigenvalue weighted by Crippen LogP contribution is -2.50. The molecule has 2 heterocycles. The van der Waals surface area contributed by atoms with Crippen LogP contribution in [0, 0.1) is 5.82 Å². The van der Waals surface area contributed by atoms with Crippen LogP contribution in [-0.2, 0) is 27.6 Å². The van der Waals surface area contributed by atoms with Gasteiger partial charge in [0, 0.05) is 37.0 Å². The molecule has 1 unspecified atom stereocenters. The minimum atomic E-state index is -3.92. The normalized spacial score (nSPS) is 15.3. The Bertz CT molecular complexity index is 1130. The van der Waals surface area contributed by atoms with Crippen LogP contribution >= 0.6 is 0 Å². The molecule has 0 aliphatic carbocycles. The number of halogens is 1. The van der Waals surface area contributed by atoms with E-state index in [9.17, 15) is 22.4 Å². The summed E-state index contributed by atoms with van der Waals surface area (Å²) >= 11 is 0. The van der Waals surface area contributed by atoms with Crippen LogP contribution in [0.5, 0.6) is 5.75 Å². The summed E-state index contributed by atoms with van der Waals surface area (Å²) < 4.78 is 43.2. The van der Waals surface area contributed by atoms with Crippen LogP contribution in [0.3, 0.4) is 0 Å². The maximum absolute atomic E-state index is 14.7. The third-order valence-electron chi connectivity index (χ3n) is 5.31. The van der Waals surface area contributed by atoms with Crippen molar-refractivity contribution < 1.29 is 27.5 Å². The van der Waals surface area contributed by atoms with Crippen molar-refractivity contribution in [3.8, 4) is 16.9 Å². The fourth-order valence-corrected chi connectivity index (χ4v) is 4.06. The number of pyridine rings is 1. The molecule has 1 aromatic heterocycles. The molecule has 1 amide bonds. The van der Waals surface area contributed by atoms with E-state index in [4.69, 9.17) is 9.94 Å². The third kappa shape index (κ3) is 3.90. The lowest BCUT2D eigenvalue weighted by atomic mass is 10.0. The standard InChI is InChI=1S/C19H21FN2O6S/c1-19(18(24)21-25,29(2,26)27)6-7-22-11-15(20)14(10-17(22)23)12-3-4-16-13(9-12)5-8-28-16/h3-4,9-11,25H,5-8H2,1-2H3,(H,21,24). The van der Waals surface area contributed by atoms with Gasteiger partial charge in [-0.05, 0) is 36.6 Å². The molecule has 8 nitrogen and oxygen atoms in total. The van der Waals surface area contributed by atoms with Crippen LogP contribution in [0.1, 0.15) is 18.9 Å². The molecule has 3 rings (SSSR count). The van der Waals surface area contributed by atoms with Gasteiger partial charge in [-0.15, -0.1) is 0 Å². The number of ether oxygens (including phenoxy) is 1. The van der Waals surface area contributed by atoms with Crippen molar-refractivity contribution in [1.82, 2.24) is 10.0 Å². The van der Waals surface area contributed by atoms with Crippen molar-refractivity contribution >= 4 is 15.7 Å². The highest BCUT2D eigenvalue weighted by Gasteiger charge is 2.43. The molecule has 1 atom stereocenters. The minimum Gasteiger partial charge on any atom is -0.493 e. The van der Waals surface area contributed by atoms with Crippen molar-refractivity contribution in [3.63, 3.8) is 0 Å². The SMILES string of the molecule is CC(CCn1cc(F)c(-c2ccc3c(c2)CCO3)cc1=O)(C(=O)NO)S(C)(=O)=O. The van der Waals surface area contributed by atoms with E-state index in [0.717, 1.165) is 41.3 Å². The number of sulfone groups is 1. The zero-order valence-corrected chi connectivity index (χ0v) is 16.8. The summed E-state index contributed by atoms with van der Waals surface area (Å²) in [6.45, 7) is 1.46. The van der Waals surface area contributed by atoms with Gasteiger partial charge in [0.25, 0.3) is 11.5 Å². The van der Waals surface area contributed by atoms with E-state index in [2.05, 4.69) is 0 Å². The van der Waals surface area contributed by atoms with Crippen LogP contribution in [0.25, 0.3) is 11.1 Å². The highest BCUT2D eigenvalue weighted by atomic mass is 32.2. The highest BCUT2D eigenvalue weighted by molar-refractivity contribution is 7.92. The number of hydrogen-bond acceptors (Lipinski definition) is 6. The van der Waals surface area contributed by atoms with Gasteiger partial charge < -0.3 is 9.30 Å². The Labute approximate surface area is 166 Å². The monoisotopic (exact) mass is 424 g/mol. The van der Waals surface area contributed by atoms with Crippen molar-refractivity contribution in [1.29, 1.82) is 0 Å². The fourth-order valence-electron chi connectivity index (χ4n) is 3.21. The van der Waals surface area contributed by atoms with Crippen LogP contribution in [0.2, 0.25) is 0 Å². The van der Waals surface area contributed by atoms with Crippen LogP contribution < -0.4 is 15.8 Å². The number of amides is 1. The van der Waals surface area contributed by atoms with Crippen LogP contribution in [-0.4, -0.2) is 41.7 Å². The van der Waals surface area contributed by atoms with Gasteiger partial charge in [0.15, 0.2) is 14.6 Å². The highest BCUT2D eigenvalue weighted by Crippen LogP contribution is 2.31. The molecule has 156 valence electrons. The second kappa shape index (κ2) is 7.60. The van der Waals surface area contributed by atoms with Gasteiger partial charge in [-0.3, -0.25) is 14.8 Å².